The summed E-state index contributed by atoms with van der Waals surface area (Å²) in [7, 11) is 4.00. The first-order valence-corrected chi connectivity index (χ1v) is 8.18. The van der Waals surface area contributed by atoms with Crippen LogP contribution in [0.5, 0.6) is 0 Å². The monoisotopic (exact) mass is 327 g/mol. The zero-order valence-electron chi connectivity index (χ0n) is 14.8. The van der Waals surface area contributed by atoms with Gasteiger partial charge in [-0.15, -0.1) is 0 Å². The molecule has 1 aromatic carbocycles. The Labute approximate surface area is 143 Å². The second kappa shape index (κ2) is 8.29. The summed E-state index contributed by atoms with van der Waals surface area (Å²) in [6.07, 6.45) is 2.00. The van der Waals surface area contributed by atoms with Gasteiger partial charge in [-0.1, -0.05) is 13.3 Å². The smallest absolute Gasteiger partial charge is 0.270 e. The van der Waals surface area contributed by atoms with Crippen molar-refractivity contribution in [3.05, 3.63) is 41.9 Å². The van der Waals surface area contributed by atoms with Crippen LogP contribution in [-0.4, -0.2) is 36.5 Å². The summed E-state index contributed by atoms with van der Waals surface area (Å²) < 4.78 is 0. The molecule has 1 heterocycles. The van der Waals surface area contributed by atoms with E-state index >= 15 is 0 Å². The summed E-state index contributed by atoms with van der Waals surface area (Å²) in [6, 6.07) is 9.68. The van der Waals surface area contributed by atoms with E-state index in [1.165, 1.54) is 0 Å². The molecule has 0 aliphatic rings. The fraction of sp³-hybridized carbons (Fsp3) is 0.389. The topological polar surface area (TPSA) is 70.2 Å². The maximum atomic E-state index is 12.2. The van der Waals surface area contributed by atoms with Gasteiger partial charge in [-0.2, -0.15) is 0 Å². The molecule has 0 saturated carbocycles. The quantitative estimate of drug-likeness (QED) is 0.765. The highest BCUT2D eigenvalue weighted by atomic mass is 16.1. The molecule has 0 radical (unpaired) electrons. The van der Waals surface area contributed by atoms with Crippen LogP contribution in [0, 0.1) is 6.92 Å². The third-order valence-corrected chi connectivity index (χ3v) is 3.54. The summed E-state index contributed by atoms with van der Waals surface area (Å²) in [4.78, 5) is 22.8. The molecule has 2 rings (SSSR count). The first-order valence-electron chi connectivity index (χ1n) is 8.18. The Bertz CT molecular complexity index is 682. The number of carbonyl (C=O) groups excluding carboxylic acids is 1. The van der Waals surface area contributed by atoms with E-state index in [-0.39, 0.29) is 5.91 Å². The molecule has 1 amide bonds. The number of nitrogens with zero attached hydrogens (tertiary/aromatic N) is 3. The molecule has 6 nitrogen and oxygen atoms in total. The van der Waals surface area contributed by atoms with Gasteiger partial charge in [0.2, 0.25) is 0 Å². The van der Waals surface area contributed by atoms with E-state index in [0.717, 1.165) is 24.2 Å². The van der Waals surface area contributed by atoms with Crippen molar-refractivity contribution in [2.45, 2.75) is 26.7 Å². The van der Waals surface area contributed by atoms with E-state index in [1.807, 2.05) is 43.3 Å². The van der Waals surface area contributed by atoms with Crippen molar-refractivity contribution in [3.8, 4) is 0 Å². The number of unbranched alkanes of at least 4 members (excludes halogenated alkanes) is 1. The summed E-state index contributed by atoms with van der Waals surface area (Å²) >= 11 is 0. The third kappa shape index (κ3) is 4.94. The summed E-state index contributed by atoms with van der Waals surface area (Å²) in [5.74, 6) is 1.01. The van der Waals surface area contributed by atoms with Crippen molar-refractivity contribution in [1.29, 1.82) is 0 Å². The Morgan fingerprint density at radius 2 is 1.88 bits per heavy atom. The minimum absolute atomic E-state index is 0.167. The lowest BCUT2D eigenvalue weighted by molar-refractivity contribution is 0.0948. The standard InChI is InChI=1S/C18H25N5O/c1-5-6-11-19-18(24)16-12-17(21-13(2)20-16)22-14-7-9-15(10-8-14)23(3)4/h7-10,12H,5-6,11H2,1-4H3,(H,19,24)(H,20,21,22). The van der Waals surface area contributed by atoms with Crippen molar-refractivity contribution < 1.29 is 4.79 Å². The van der Waals surface area contributed by atoms with Gasteiger partial charge in [-0.3, -0.25) is 4.79 Å². The number of benzene rings is 1. The van der Waals surface area contributed by atoms with Crippen molar-refractivity contribution in [2.75, 3.05) is 30.9 Å². The first-order chi connectivity index (χ1) is 11.5. The molecule has 0 fully saturated rings. The van der Waals surface area contributed by atoms with Crippen LogP contribution in [0.15, 0.2) is 30.3 Å². The Balaban J connectivity index is 2.11. The Hall–Kier alpha value is -2.63. The number of nitrogens with one attached hydrogen (secondary N) is 2. The highest BCUT2D eigenvalue weighted by Gasteiger charge is 2.10. The van der Waals surface area contributed by atoms with Crippen molar-refractivity contribution in [1.82, 2.24) is 15.3 Å². The molecular weight excluding hydrogens is 302 g/mol. The molecule has 2 aromatic rings. The lowest BCUT2D eigenvalue weighted by Gasteiger charge is -2.13. The van der Waals surface area contributed by atoms with E-state index in [4.69, 9.17) is 0 Å². The van der Waals surface area contributed by atoms with Gasteiger partial charge in [0.15, 0.2) is 0 Å². The Morgan fingerprint density at radius 1 is 1.17 bits per heavy atom. The number of amides is 1. The summed E-state index contributed by atoms with van der Waals surface area (Å²) in [5.41, 5.74) is 2.41. The second-order valence-electron chi connectivity index (χ2n) is 5.86. The largest absolute Gasteiger partial charge is 0.378 e. The van der Waals surface area contributed by atoms with Gasteiger partial charge in [-0.25, -0.2) is 9.97 Å². The maximum absolute atomic E-state index is 12.2. The van der Waals surface area contributed by atoms with E-state index < -0.39 is 0 Å². The van der Waals surface area contributed by atoms with Crippen LogP contribution in [0.1, 0.15) is 36.1 Å². The number of hydrogen-bond donors (Lipinski definition) is 2. The van der Waals surface area contributed by atoms with E-state index in [0.29, 0.717) is 23.9 Å². The molecule has 0 bridgehead atoms. The fourth-order valence-corrected chi connectivity index (χ4v) is 2.21. The maximum Gasteiger partial charge on any atom is 0.270 e. The number of rotatable bonds is 7. The van der Waals surface area contributed by atoms with Crippen LogP contribution in [0.2, 0.25) is 0 Å². The van der Waals surface area contributed by atoms with E-state index in [9.17, 15) is 4.79 Å². The van der Waals surface area contributed by atoms with Crippen molar-refractivity contribution in [3.63, 3.8) is 0 Å². The zero-order valence-corrected chi connectivity index (χ0v) is 14.8. The number of anilines is 3. The molecule has 1 aromatic heterocycles. The molecule has 2 N–H and O–H groups in total. The summed E-state index contributed by atoms with van der Waals surface area (Å²) in [6.45, 7) is 4.53. The van der Waals surface area contributed by atoms with Crippen LogP contribution < -0.4 is 15.5 Å². The minimum Gasteiger partial charge on any atom is -0.378 e. The molecule has 0 aliphatic heterocycles. The third-order valence-electron chi connectivity index (χ3n) is 3.54. The van der Waals surface area contributed by atoms with Gasteiger partial charge in [-0.05, 0) is 37.6 Å². The SMILES string of the molecule is CCCCNC(=O)c1cc(Nc2ccc(N(C)C)cc2)nc(C)n1. The lowest BCUT2D eigenvalue weighted by Crippen LogP contribution is -2.25. The van der Waals surface area contributed by atoms with Crippen molar-refractivity contribution in [2.24, 2.45) is 0 Å². The zero-order chi connectivity index (χ0) is 17.5. The highest BCUT2D eigenvalue weighted by molar-refractivity contribution is 5.93. The molecule has 24 heavy (non-hydrogen) atoms. The minimum atomic E-state index is -0.167. The molecule has 0 spiro atoms. The van der Waals surface area contributed by atoms with Gasteiger partial charge >= 0.3 is 0 Å². The normalized spacial score (nSPS) is 10.3. The van der Waals surface area contributed by atoms with Gasteiger partial charge in [0.1, 0.15) is 17.3 Å². The van der Waals surface area contributed by atoms with Gasteiger partial charge < -0.3 is 15.5 Å². The molecule has 128 valence electrons. The Kier molecular flexibility index (Phi) is 6.12. The summed E-state index contributed by atoms with van der Waals surface area (Å²) in [5, 5.41) is 6.10. The molecule has 6 heteroatoms. The molecule has 0 saturated heterocycles. The second-order valence-corrected chi connectivity index (χ2v) is 5.86. The van der Waals surface area contributed by atoms with Crippen LogP contribution >= 0.6 is 0 Å². The number of aryl methyl sites for hydroxylation is 1. The molecule has 0 atom stereocenters. The fourth-order valence-electron chi connectivity index (χ4n) is 2.21. The predicted octanol–water partition coefficient (Wildman–Crippen LogP) is 3.12. The van der Waals surface area contributed by atoms with Crippen molar-refractivity contribution >= 4 is 23.1 Å². The van der Waals surface area contributed by atoms with Gasteiger partial charge in [0.05, 0.1) is 0 Å². The first kappa shape index (κ1) is 17.7. The molecular formula is C18H25N5O. The van der Waals surface area contributed by atoms with Crippen LogP contribution in [0.3, 0.4) is 0 Å². The predicted molar refractivity (Wildman–Crippen MR) is 98.1 cm³/mol. The highest BCUT2D eigenvalue weighted by Crippen LogP contribution is 2.19. The number of carbonyl (C=O) groups is 1. The molecule has 0 aliphatic carbocycles. The van der Waals surface area contributed by atoms with Crippen LogP contribution in [-0.2, 0) is 0 Å². The van der Waals surface area contributed by atoms with E-state index in [1.54, 1.807) is 13.0 Å². The average molecular weight is 327 g/mol. The number of aromatic nitrogens is 2. The van der Waals surface area contributed by atoms with Crippen LogP contribution in [0.4, 0.5) is 17.2 Å². The molecule has 0 unspecified atom stereocenters. The Morgan fingerprint density at radius 3 is 2.50 bits per heavy atom. The van der Waals surface area contributed by atoms with Crippen LogP contribution in [0.25, 0.3) is 0 Å². The lowest BCUT2D eigenvalue weighted by atomic mass is 10.2. The van der Waals surface area contributed by atoms with Gasteiger partial charge in [0.25, 0.3) is 5.91 Å². The average Bonchev–Trinajstić information content (AvgIpc) is 2.55. The van der Waals surface area contributed by atoms with Gasteiger partial charge in [0, 0.05) is 38.1 Å². The number of hydrogen-bond acceptors (Lipinski definition) is 5. The van der Waals surface area contributed by atoms with E-state index in [2.05, 4.69) is 27.5 Å².